The lowest BCUT2D eigenvalue weighted by Crippen LogP contribution is -2.68. The Labute approximate surface area is 313 Å². The van der Waals surface area contributed by atoms with Crippen molar-refractivity contribution < 1.29 is 4.42 Å². The average Bonchev–Trinajstić information content (AvgIpc) is 3.62. The van der Waals surface area contributed by atoms with Gasteiger partial charge in [0, 0.05) is 56.3 Å². The molecule has 8 aromatic carbocycles. The van der Waals surface area contributed by atoms with E-state index in [0.29, 0.717) is 0 Å². The maximum Gasteiger partial charge on any atom is 0.252 e. The number of hydrogen-bond acceptors (Lipinski definition) is 4. The first kappa shape index (κ1) is 28.6. The summed E-state index contributed by atoms with van der Waals surface area (Å²) in [5.74, 6) is 0. The molecular formula is C48H29B2N3O. The van der Waals surface area contributed by atoms with Gasteiger partial charge < -0.3 is 19.1 Å². The highest BCUT2D eigenvalue weighted by molar-refractivity contribution is 7.04. The number of anilines is 9. The van der Waals surface area contributed by atoms with Crippen LogP contribution in [0.4, 0.5) is 51.2 Å². The molecule has 4 aliphatic heterocycles. The summed E-state index contributed by atoms with van der Waals surface area (Å²) in [7, 11) is 0. The van der Waals surface area contributed by atoms with Crippen LogP contribution in [0.25, 0.3) is 21.9 Å². The summed E-state index contributed by atoms with van der Waals surface area (Å²) in [6.07, 6.45) is 0. The Morgan fingerprint density at radius 2 is 0.815 bits per heavy atom. The molecule has 4 aliphatic rings. The SMILES string of the molecule is c1ccc(N2c3ccccc3B3c4ccccc4N4c5ccccc5B5c6ccccc6N(c6cccc7c6oc6ccccc67)c6cc2c3c4c65)cc1. The zero-order valence-electron chi connectivity index (χ0n) is 29.1. The van der Waals surface area contributed by atoms with Gasteiger partial charge in [-0.2, -0.15) is 0 Å². The van der Waals surface area contributed by atoms with E-state index in [1.54, 1.807) is 0 Å². The van der Waals surface area contributed by atoms with Crippen LogP contribution in [0.3, 0.4) is 0 Å². The Hall–Kier alpha value is -6.91. The minimum atomic E-state index is 0.0448. The van der Waals surface area contributed by atoms with E-state index in [9.17, 15) is 0 Å². The highest BCUT2D eigenvalue weighted by atomic mass is 16.3. The molecule has 0 fully saturated rings. The van der Waals surface area contributed by atoms with Gasteiger partial charge in [-0.05, 0) is 87.4 Å². The summed E-state index contributed by atoms with van der Waals surface area (Å²) in [4.78, 5) is 7.58. The van der Waals surface area contributed by atoms with Crippen LogP contribution in [0.1, 0.15) is 0 Å². The number of fused-ring (bicyclic) bond motifs is 13. The molecule has 0 spiro atoms. The van der Waals surface area contributed by atoms with Crippen molar-refractivity contribution >= 4 is 119 Å². The predicted octanol–water partition coefficient (Wildman–Crippen LogP) is 8.28. The lowest BCUT2D eigenvalue weighted by Gasteiger charge is -2.51. The molecule has 0 N–H and O–H groups in total. The molecular weight excluding hydrogens is 656 g/mol. The molecule has 0 radical (unpaired) electrons. The molecule has 0 unspecified atom stereocenters. The minimum Gasteiger partial charge on any atom is -0.454 e. The molecule has 0 saturated carbocycles. The van der Waals surface area contributed by atoms with Crippen LogP contribution >= 0.6 is 0 Å². The van der Waals surface area contributed by atoms with Gasteiger partial charge in [0.25, 0.3) is 13.4 Å². The van der Waals surface area contributed by atoms with E-state index in [-0.39, 0.29) is 13.4 Å². The van der Waals surface area contributed by atoms with Crippen molar-refractivity contribution in [1.82, 2.24) is 0 Å². The fraction of sp³-hybridized carbons (Fsp3) is 0. The molecule has 0 saturated heterocycles. The van der Waals surface area contributed by atoms with Gasteiger partial charge in [0.1, 0.15) is 5.58 Å². The molecule has 1 aromatic heterocycles. The van der Waals surface area contributed by atoms with E-state index in [2.05, 4.69) is 191 Å². The Kier molecular flexibility index (Phi) is 5.50. The van der Waals surface area contributed by atoms with Crippen LogP contribution in [-0.4, -0.2) is 13.4 Å². The highest BCUT2D eigenvalue weighted by Gasteiger charge is 2.51. The van der Waals surface area contributed by atoms with Crippen LogP contribution in [0, 0.1) is 0 Å². The van der Waals surface area contributed by atoms with Crippen molar-refractivity contribution in [2.75, 3.05) is 14.7 Å². The van der Waals surface area contributed by atoms with Crippen molar-refractivity contribution in [2.45, 2.75) is 0 Å². The van der Waals surface area contributed by atoms with Crippen LogP contribution < -0.4 is 47.5 Å². The Morgan fingerprint density at radius 1 is 0.352 bits per heavy atom. The molecule has 0 bridgehead atoms. The van der Waals surface area contributed by atoms with Crippen molar-refractivity contribution in [3.63, 3.8) is 0 Å². The van der Waals surface area contributed by atoms with E-state index in [1.807, 2.05) is 0 Å². The Balaban J connectivity index is 1.22. The second-order valence-corrected chi connectivity index (χ2v) is 14.8. The Bertz CT molecular complexity index is 3040. The van der Waals surface area contributed by atoms with E-state index >= 15 is 0 Å². The molecule has 0 amide bonds. The zero-order chi connectivity index (χ0) is 35.1. The highest BCUT2D eigenvalue weighted by Crippen LogP contribution is 2.50. The maximum atomic E-state index is 6.80. The number of hydrogen-bond donors (Lipinski definition) is 0. The zero-order valence-corrected chi connectivity index (χ0v) is 29.1. The van der Waals surface area contributed by atoms with Gasteiger partial charge in [0.05, 0.1) is 5.69 Å². The van der Waals surface area contributed by atoms with E-state index in [0.717, 1.165) is 33.3 Å². The standard InChI is InChI=1S/C48H29B2N3O/c1-2-15-30(16-3-1)51-37-23-9-5-19-33(37)49-35-21-7-11-25-39(35)53-40-26-12-8-22-36(40)50-34-20-6-10-24-38(34)52(43-29-42(51)45(49)47(53)46(43)50)41-27-14-18-32-31-17-4-13-28-44(31)54-48(32)41/h1-29H. The molecule has 248 valence electrons. The Morgan fingerprint density at radius 3 is 1.44 bits per heavy atom. The fourth-order valence-electron chi connectivity index (χ4n) is 10.2. The monoisotopic (exact) mass is 685 g/mol. The van der Waals surface area contributed by atoms with Gasteiger partial charge >= 0.3 is 0 Å². The third-order valence-electron chi connectivity index (χ3n) is 12.2. The second-order valence-electron chi connectivity index (χ2n) is 14.8. The predicted molar refractivity (Wildman–Crippen MR) is 227 cm³/mol. The summed E-state index contributed by atoms with van der Waals surface area (Å²) >= 11 is 0. The van der Waals surface area contributed by atoms with Gasteiger partial charge in [-0.1, -0.05) is 121 Å². The summed E-state index contributed by atoms with van der Waals surface area (Å²) in [6.45, 7) is 0.114. The summed E-state index contributed by atoms with van der Waals surface area (Å²) in [6, 6.07) is 64.6. The topological polar surface area (TPSA) is 22.9 Å². The molecule has 4 nitrogen and oxygen atoms in total. The van der Waals surface area contributed by atoms with E-state index in [4.69, 9.17) is 4.42 Å². The van der Waals surface area contributed by atoms with Crippen molar-refractivity contribution in [3.8, 4) is 0 Å². The maximum absolute atomic E-state index is 6.80. The minimum absolute atomic E-state index is 0.0448. The number of benzene rings is 8. The molecule has 0 atom stereocenters. The molecule has 0 aliphatic carbocycles. The van der Waals surface area contributed by atoms with Crippen LogP contribution in [0.5, 0.6) is 0 Å². The summed E-state index contributed by atoms with van der Waals surface area (Å²) in [5.41, 5.74) is 20.5. The van der Waals surface area contributed by atoms with Gasteiger partial charge in [0.15, 0.2) is 5.58 Å². The first-order valence-electron chi connectivity index (χ1n) is 18.8. The average molecular weight is 685 g/mol. The number of rotatable bonds is 2. The van der Waals surface area contributed by atoms with Crippen molar-refractivity contribution in [2.24, 2.45) is 0 Å². The van der Waals surface area contributed by atoms with Gasteiger partial charge in [-0.3, -0.25) is 0 Å². The molecule has 5 heterocycles. The lowest BCUT2D eigenvalue weighted by atomic mass is 9.29. The summed E-state index contributed by atoms with van der Waals surface area (Å²) in [5, 5.41) is 2.25. The summed E-state index contributed by atoms with van der Waals surface area (Å²) < 4.78 is 6.80. The fourth-order valence-corrected chi connectivity index (χ4v) is 10.2. The largest absolute Gasteiger partial charge is 0.454 e. The third-order valence-corrected chi connectivity index (χ3v) is 12.2. The number of furan rings is 1. The molecule has 9 aromatic rings. The van der Waals surface area contributed by atoms with Gasteiger partial charge in [-0.15, -0.1) is 0 Å². The van der Waals surface area contributed by atoms with Crippen LogP contribution in [0.2, 0.25) is 0 Å². The smallest absolute Gasteiger partial charge is 0.252 e. The normalized spacial score (nSPS) is 14.1. The van der Waals surface area contributed by atoms with Gasteiger partial charge in [0.2, 0.25) is 0 Å². The van der Waals surface area contributed by atoms with Gasteiger partial charge in [-0.25, -0.2) is 0 Å². The van der Waals surface area contributed by atoms with E-state index in [1.165, 1.54) is 72.6 Å². The molecule has 13 rings (SSSR count). The quantitative estimate of drug-likeness (QED) is 0.171. The van der Waals surface area contributed by atoms with Crippen LogP contribution in [-0.2, 0) is 0 Å². The number of para-hydroxylation sites is 7. The first-order valence-corrected chi connectivity index (χ1v) is 18.8. The second kappa shape index (κ2) is 10.4. The van der Waals surface area contributed by atoms with Crippen LogP contribution in [0.15, 0.2) is 180 Å². The molecule has 54 heavy (non-hydrogen) atoms. The number of nitrogens with zero attached hydrogens (tertiary/aromatic N) is 3. The first-order chi connectivity index (χ1) is 26.8. The third kappa shape index (κ3) is 3.51. The van der Waals surface area contributed by atoms with Crippen molar-refractivity contribution in [3.05, 3.63) is 176 Å². The molecule has 6 heteroatoms. The van der Waals surface area contributed by atoms with E-state index < -0.39 is 0 Å². The lowest BCUT2D eigenvalue weighted by molar-refractivity contribution is 0.669. The van der Waals surface area contributed by atoms with Crippen molar-refractivity contribution in [1.29, 1.82) is 0 Å².